The van der Waals surface area contributed by atoms with Crippen LogP contribution in [0.2, 0.25) is 0 Å². The Hall–Kier alpha value is -1.18. The average Bonchev–Trinajstić information content (AvgIpc) is 2.43. The van der Waals surface area contributed by atoms with Gasteiger partial charge >= 0.3 is 11.9 Å². The number of carbonyl (C=O) groups is 2. The second-order valence-corrected chi connectivity index (χ2v) is 6.20. The van der Waals surface area contributed by atoms with Gasteiger partial charge in [0.1, 0.15) is 12.2 Å². The molecule has 2 fully saturated rings. The summed E-state index contributed by atoms with van der Waals surface area (Å²) in [5.41, 5.74) is -2.01. The van der Waals surface area contributed by atoms with E-state index in [0.717, 1.165) is 12.8 Å². The molecule has 0 spiro atoms. The molecule has 0 aromatic rings. The van der Waals surface area contributed by atoms with Crippen molar-refractivity contribution in [1.29, 1.82) is 0 Å². The Kier molecular flexibility index (Phi) is 4.85. The third-order valence-corrected chi connectivity index (χ3v) is 4.33. The van der Waals surface area contributed by atoms with Crippen LogP contribution in [-0.2, 0) is 19.1 Å². The van der Waals surface area contributed by atoms with Crippen LogP contribution in [0.4, 0.5) is 0 Å². The SMILES string of the molecule is O=C(CO)OCC(=O)OC1(CO)CC2CCCC(O)(C2)C1. The number of rotatable bonds is 5. The van der Waals surface area contributed by atoms with E-state index in [-0.39, 0.29) is 18.9 Å². The maximum atomic E-state index is 11.7. The van der Waals surface area contributed by atoms with Gasteiger partial charge in [-0.2, -0.15) is 0 Å². The number of hydrogen-bond donors (Lipinski definition) is 3. The van der Waals surface area contributed by atoms with E-state index in [1.807, 2.05) is 0 Å². The Bertz CT molecular complexity index is 410. The lowest BCUT2D eigenvalue weighted by Gasteiger charge is -2.50. The summed E-state index contributed by atoms with van der Waals surface area (Å²) in [7, 11) is 0. The van der Waals surface area contributed by atoms with Crippen molar-refractivity contribution in [3.8, 4) is 0 Å². The summed E-state index contributed by atoms with van der Waals surface area (Å²) >= 11 is 0. The minimum absolute atomic E-state index is 0.201. The van der Waals surface area contributed by atoms with Gasteiger partial charge in [0.15, 0.2) is 6.61 Å². The number of aliphatic hydroxyl groups excluding tert-OH is 2. The van der Waals surface area contributed by atoms with E-state index in [0.29, 0.717) is 19.3 Å². The summed E-state index contributed by atoms with van der Waals surface area (Å²) in [4.78, 5) is 22.5. The van der Waals surface area contributed by atoms with Crippen molar-refractivity contribution in [2.24, 2.45) is 5.92 Å². The number of hydrogen-bond acceptors (Lipinski definition) is 7. The minimum Gasteiger partial charge on any atom is -0.454 e. The molecule has 2 rings (SSSR count). The number of esters is 2. The normalized spacial score (nSPS) is 35.1. The molecule has 120 valence electrons. The van der Waals surface area contributed by atoms with E-state index in [1.165, 1.54) is 0 Å². The van der Waals surface area contributed by atoms with Gasteiger partial charge in [0, 0.05) is 6.42 Å². The van der Waals surface area contributed by atoms with Crippen LogP contribution in [0.1, 0.15) is 38.5 Å². The molecule has 0 aromatic heterocycles. The van der Waals surface area contributed by atoms with Gasteiger partial charge in [-0.25, -0.2) is 9.59 Å². The van der Waals surface area contributed by atoms with Gasteiger partial charge in [-0.3, -0.25) is 0 Å². The molecule has 0 aliphatic heterocycles. The minimum atomic E-state index is -1.11. The van der Waals surface area contributed by atoms with Crippen molar-refractivity contribution in [1.82, 2.24) is 0 Å². The van der Waals surface area contributed by atoms with E-state index >= 15 is 0 Å². The molecule has 7 heteroatoms. The van der Waals surface area contributed by atoms with E-state index in [4.69, 9.17) is 9.84 Å². The zero-order valence-corrected chi connectivity index (χ0v) is 11.9. The Balaban J connectivity index is 1.98. The summed E-state index contributed by atoms with van der Waals surface area (Å²) in [6.45, 7) is -1.78. The Morgan fingerprint density at radius 2 is 1.95 bits per heavy atom. The van der Waals surface area contributed by atoms with E-state index in [1.54, 1.807) is 0 Å². The smallest absolute Gasteiger partial charge is 0.344 e. The number of ether oxygens (including phenoxy) is 2. The summed E-state index contributed by atoms with van der Waals surface area (Å²) in [6, 6.07) is 0. The Morgan fingerprint density at radius 1 is 1.19 bits per heavy atom. The quantitative estimate of drug-likeness (QED) is 0.587. The van der Waals surface area contributed by atoms with Gasteiger partial charge in [-0.1, -0.05) is 12.8 Å². The number of carbonyl (C=O) groups excluding carboxylic acids is 2. The van der Waals surface area contributed by atoms with Crippen LogP contribution in [-0.4, -0.2) is 58.3 Å². The van der Waals surface area contributed by atoms with Gasteiger partial charge < -0.3 is 24.8 Å². The first kappa shape index (κ1) is 16.2. The maximum Gasteiger partial charge on any atom is 0.344 e. The lowest BCUT2D eigenvalue weighted by atomic mass is 9.63. The van der Waals surface area contributed by atoms with Gasteiger partial charge in [0.05, 0.1) is 12.2 Å². The average molecular weight is 302 g/mol. The molecule has 3 N–H and O–H groups in total. The zero-order chi connectivity index (χ0) is 15.5. The number of aliphatic hydroxyl groups is 3. The molecule has 3 unspecified atom stereocenters. The van der Waals surface area contributed by atoms with Gasteiger partial charge in [0.25, 0.3) is 0 Å². The molecule has 0 saturated heterocycles. The van der Waals surface area contributed by atoms with Crippen LogP contribution in [0.25, 0.3) is 0 Å². The molecule has 7 nitrogen and oxygen atoms in total. The maximum absolute atomic E-state index is 11.7. The zero-order valence-electron chi connectivity index (χ0n) is 11.9. The first-order valence-electron chi connectivity index (χ1n) is 7.22. The van der Waals surface area contributed by atoms with Crippen molar-refractivity contribution < 1.29 is 34.4 Å². The van der Waals surface area contributed by atoms with Gasteiger partial charge in [-0.15, -0.1) is 0 Å². The molecule has 0 radical (unpaired) electrons. The first-order valence-corrected chi connectivity index (χ1v) is 7.22. The van der Waals surface area contributed by atoms with Crippen LogP contribution < -0.4 is 0 Å². The molecule has 2 bridgehead atoms. The molecule has 2 saturated carbocycles. The summed E-state index contributed by atoms with van der Waals surface area (Å²) in [5.74, 6) is -1.48. The van der Waals surface area contributed by atoms with E-state index in [2.05, 4.69) is 4.74 Å². The van der Waals surface area contributed by atoms with Crippen LogP contribution in [0.3, 0.4) is 0 Å². The van der Waals surface area contributed by atoms with Crippen LogP contribution >= 0.6 is 0 Å². The predicted octanol–water partition coefficient (Wildman–Crippen LogP) is -0.489. The molecular weight excluding hydrogens is 280 g/mol. The van der Waals surface area contributed by atoms with Crippen LogP contribution in [0, 0.1) is 5.92 Å². The third-order valence-electron chi connectivity index (χ3n) is 4.33. The molecule has 2 aliphatic carbocycles. The molecule has 2 aliphatic rings. The predicted molar refractivity (Wildman–Crippen MR) is 70.1 cm³/mol. The van der Waals surface area contributed by atoms with Crippen molar-refractivity contribution in [2.45, 2.75) is 49.7 Å². The second kappa shape index (κ2) is 6.29. The highest BCUT2D eigenvalue weighted by atomic mass is 16.6. The lowest BCUT2D eigenvalue weighted by molar-refractivity contribution is -0.198. The standard InChI is InChI=1S/C14H22O7/c15-6-11(17)20-7-12(18)21-14(9-16)5-10-2-1-3-13(19,4-10)8-14/h10,15-16,19H,1-9H2. The fraction of sp³-hybridized carbons (Fsp3) is 0.857. The first-order chi connectivity index (χ1) is 9.90. The summed E-state index contributed by atoms with van der Waals surface area (Å²) < 4.78 is 9.81. The fourth-order valence-corrected chi connectivity index (χ4v) is 3.68. The van der Waals surface area contributed by atoms with E-state index in [9.17, 15) is 19.8 Å². The Morgan fingerprint density at radius 3 is 2.57 bits per heavy atom. The van der Waals surface area contributed by atoms with Gasteiger partial charge in [-0.05, 0) is 25.2 Å². The van der Waals surface area contributed by atoms with Crippen molar-refractivity contribution >= 4 is 11.9 Å². The van der Waals surface area contributed by atoms with Gasteiger partial charge in [0.2, 0.25) is 0 Å². The molecule has 0 heterocycles. The van der Waals surface area contributed by atoms with E-state index < -0.39 is 36.4 Å². The fourth-order valence-electron chi connectivity index (χ4n) is 3.68. The topological polar surface area (TPSA) is 113 Å². The van der Waals surface area contributed by atoms with Crippen LogP contribution in [0.5, 0.6) is 0 Å². The van der Waals surface area contributed by atoms with Crippen LogP contribution in [0.15, 0.2) is 0 Å². The summed E-state index contributed by atoms with van der Waals surface area (Å²) in [6.07, 6.45) is 3.90. The molecule has 21 heavy (non-hydrogen) atoms. The Labute approximate surface area is 122 Å². The van der Waals surface area contributed by atoms with Crippen molar-refractivity contribution in [3.05, 3.63) is 0 Å². The molecular formula is C14H22O7. The summed E-state index contributed by atoms with van der Waals surface area (Å²) in [5, 5.41) is 28.7. The van der Waals surface area contributed by atoms with Crippen molar-refractivity contribution in [3.63, 3.8) is 0 Å². The monoisotopic (exact) mass is 302 g/mol. The second-order valence-electron chi connectivity index (χ2n) is 6.20. The molecule has 0 aromatic carbocycles. The largest absolute Gasteiger partial charge is 0.454 e. The van der Waals surface area contributed by atoms with Crippen molar-refractivity contribution in [2.75, 3.05) is 19.8 Å². The number of fused-ring (bicyclic) bond motifs is 2. The third kappa shape index (κ3) is 3.93. The molecule has 0 amide bonds. The highest BCUT2D eigenvalue weighted by Gasteiger charge is 2.51. The highest BCUT2D eigenvalue weighted by molar-refractivity contribution is 5.77. The lowest BCUT2D eigenvalue weighted by Crippen LogP contribution is -2.55. The molecule has 3 atom stereocenters. The highest BCUT2D eigenvalue weighted by Crippen LogP contribution is 2.48.